The highest BCUT2D eigenvalue weighted by Gasteiger charge is 2.18. The van der Waals surface area contributed by atoms with Crippen LogP contribution in [0.4, 0.5) is 0 Å². The molecule has 44 heavy (non-hydrogen) atoms. The smallest absolute Gasteiger partial charge is 0.160 e. The van der Waals surface area contributed by atoms with Gasteiger partial charge in [0, 0.05) is 53.1 Å². The molecule has 0 unspecified atom stereocenters. The van der Waals surface area contributed by atoms with Gasteiger partial charge in [0.1, 0.15) is 0 Å². The van der Waals surface area contributed by atoms with Crippen molar-refractivity contribution in [1.29, 1.82) is 0 Å². The third kappa shape index (κ3) is 4.21. The second-order valence-electron chi connectivity index (χ2n) is 10.9. The fraction of sp³-hybridized carbons (Fsp3) is 0. The third-order valence-corrected chi connectivity index (χ3v) is 10.4. The fourth-order valence-electron chi connectivity index (χ4n) is 6.02. The van der Waals surface area contributed by atoms with E-state index >= 15 is 0 Å². The summed E-state index contributed by atoms with van der Waals surface area (Å²) in [4.78, 5) is 15.2. The second kappa shape index (κ2) is 10.2. The predicted molar refractivity (Wildman–Crippen MR) is 187 cm³/mol. The zero-order chi connectivity index (χ0) is 29.0. The molecule has 0 atom stereocenters. The van der Waals surface area contributed by atoms with Gasteiger partial charge in [-0.2, -0.15) is 0 Å². The molecule has 4 heterocycles. The van der Waals surface area contributed by atoms with Gasteiger partial charge in [0.15, 0.2) is 5.82 Å². The van der Waals surface area contributed by atoms with E-state index in [-0.39, 0.29) is 0 Å². The summed E-state index contributed by atoms with van der Waals surface area (Å²) in [6, 6.07) is 47.1. The van der Waals surface area contributed by atoms with Crippen molar-refractivity contribution < 1.29 is 0 Å². The van der Waals surface area contributed by atoms with Crippen LogP contribution in [0.1, 0.15) is 0 Å². The third-order valence-electron chi connectivity index (χ3n) is 8.13. The molecule has 5 heteroatoms. The van der Waals surface area contributed by atoms with Crippen molar-refractivity contribution in [2.75, 3.05) is 0 Å². The molecular weight excluding hydrogens is 575 g/mol. The molecule has 0 spiro atoms. The lowest BCUT2D eigenvalue weighted by Crippen LogP contribution is -1.95. The van der Waals surface area contributed by atoms with Crippen LogP contribution in [0.25, 0.3) is 85.5 Å². The molecule has 0 saturated heterocycles. The minimum Gasteiger partial charge on any atom is -0.256 e. The maximum Gasteiger partial charge on any atom is 0.160 e. The van der Waals surface area contributed by atoms with Crippen LogP contribution in [0.2, 0.25) is 0 Å². The summed E-state index contributed by atoms with van der Waals surface area (Å²) in [7, 11) is 0. The van der Waals surface area contributed by atoms with Gasteiger partial charge in [0.05, 0.1) is 21.6 Å². The summed E-state index contributed by atoms with van der Waals surface area (Å²) in [5.74, 6) is 0.709. The summed E-state index contributed by atoms with van der Waals surface area (Å²) < 4.78 is 4.92. The van der Waals surface area contributed by atoms with Gasteiger partial charge >= 0.3 is 0 Å². The van der Waals surface area contributed by atoms with Gasteiger partial charge in [-0.1, -0.05) is 78.9 Å². The number of rotatable bonds is 4. The van der Waals surface area contributed by atoms with Crippen molar-refractivity contribution in [1.82, 2.24) is 15.0 Å². The van der Waals surface area contributed by atoms with E-state index in [1.54, 1.807) is 11.3 Å². The molecule has 0 radical (unpaired) electrons. The summed E-state index contributed by atoms with van der Waals surface area (Å²) in [5, 5.41) is 3.73. The first-order chi connectivity index (χ1) is 21.8. The summed E-state index contributed by atoms with van der Waals surface area (Å²) in [6.45, 7) is 0. The summed E-state index contributed by atoms with van der Waals surface area (Å²) in [6.07, 6.45) is 1.85. The standard InChI is InChI=1S/C39H23N3S2/c1-2-10-24(11-3-1)36-38-37(30-13-5-7-16-34(30)44-38)42-39(41-36)28-21-26(20-27(22-28)32-14-8-9-19-40-32)25-17-18-35-31(23-25)29-12-4-6-15-33(29)43-35/h1-23H. The predicted octanol–water partition coefficient (Wildman–Crippen LogP) is 11.3. The van der Waals surface area contributed by atoms with Crippen LogP contribution in [-0.2, 0) is 0 Å². The Hall–Kier alpha value is -5.23. The van der Waals surface area contributed by atoms with Crippen LogP contribution >= 0.6 is 22.7 Å². The zero-order valence-corrected chi connectivity index (χ0v) is 25.1. The molecule has 206 valence electrons. The lowest BCUT2D eigenvalue weighted by Gasteiger charge is -2.12. The van der Waals surface area contributed by atoms with Gasteiger partial charge in [0.25, 0.3) is 0 Å². The largest absolute Gasteiger partial charge is 0.256 e. The molecule has 0 bridgehead atoms. The van der Waals surface area contributed by atoms with E-state index in [4.69, 9.17) is 15.0 Å². The monoisotopic (exact) mass is 597 g/mol. The fourth-order valence-corrected chi connectivity index (χ4v) is 8.26. The number of benzene rings is 5. The normalized spacial score (nSPS) is 11.6. The van der Waals surface area contributed by atoms with E-state index < -0.39 is 0 Å². The molecule has 9 aromatic rings. The van der Waals surface area contributed by atoms with E-state index in [1.807, 2.05) is 35.7 Å². The lowest BCUT2D eigenvalue weighted by atomic mass is 9.96. The highest BCUT2D eigenvalue weighted by molar-refractivity contribution is 7.26. The quantitative estimate of drug-likeness (QED) is 0.203. The van der Waals surface area contributed by atoms with E-state index in [0.29, 0.717) is 5.82 Å². The number of aromatic nitrogens is 3. The summed E-state index contributed by atoms with van der Waals surface area (Å²) in [5.41, 5.74) is 8.23. The van der Waals surface area contributed by atoms with Gasteiger partial charge in [0.2, 0.25) is 0 Å². The van der Waals surface area contributed by atoms with Crippen LogP contribution in [0, 0.1) is 0 Å². The van der Waals surface area contributed by atoms with E-state index in [0.717, 1.165) is 54.8 Å². The van der Waals surface area contributed by atoms with Crippen LogP contribution in [-0.4, -0.2) is 15.0 Å². The number of thiophene rings is 2. The zero-order valence-electron chi connectivity index (χ0n) is 23.4. The minimum absolute atomic E-state index is 0.709. The Labute approximate surface area is 261 Å². The van der Waals surface area contributed by atoms with Crippen LogP contribution in [0.5, 0.6) is 0 Å². The molecule has 0 fully saturated rings. The van der Waals surface area contributed by atoms with Crippen molar-refractivity contribution >= 4 is 63.1 Å². The molecule has 0 N–H and O–H groups in total. The summed E-state index contributed by atoms with van der Waals surface area (Å²) >= 11 is 3.59. The first-order valence-corrected chi connectivity index (χ1v) is 16.1. The Balaban J connectivity index is 1.31. The van der Waals surface area contributed by atoms with Crippen LogP contribution in [0.3, 0.4) is 0 Å². The Morgan fingerprint density at radius 1 is 0.432 bits per heavy atom. The Morgan fingerprint density at radius 3 is 1.98 bits per heavy atom. The first kappa shape index (κ1) is 25.3. The maximum atomic E-state index is 5.27. The number of nitrogens with zero attached hydrogens (tertiary/aromatic N) is 3. The molecule has 0 aliphatic carbocycles. The van der Waals surface area contributed by atoms with Crippen molar-refractivity contribution in [2.45, 2.75) is 0 Å². The molecule has 9 rings (SSSR count). The number of hydrogen-bond acceptors (Lipinski definition) is 5. The number of pyridine rings is 1. The van der Waals surface area contributed by atoms with E-state index in [1.165, 1.54) is 24.9 Å². The SMILES string of the molecule is c1ccc(-c2nc(-c3cc(-c4ccc5sc6ccccc6c5c4)cc(-c4ccccn4)c3)nc3c2sc2ccccc23)cc1. The van der Waals surface area contributed by atoms with Gasteiger partial charge < -0.3 is 0 Å². The van der Waals surface area contributed by atoms with Crippen molar-refractivity contribution in [3.8, 4) is 45.0 Å². The second-order valence-corrected chi connectivity index (χ2v) is 13.0. The van der Waals surface area contributed by atoms with Gasteiger partial charge in [-0.15, -0.1) is 22.7 Å². The van der Waals surface area contributed by atoms with Gasteiger partial charge in [-0.25, -0.2) is 9.97 Å². The molecule has 0 aliphatic heterocycles. The highest BCUT2D eigenvalue weighted by atomic mass is 32.1. The van der Waals surface area contributed by atoms with Crippen LogP contribution in [0.15, 0.2) is 140 Å². The van der Waals surface area contributed by atoms with E-state index in [9.17, 15) is 0 Å². The lowest BCUT2D eigenvalue weighted by molar-refractivity contribution is 1.24. The minimum atomic E-state index is 0.709. The maximum absolute atomic E-state index is 5.27. The molecule has 5 aromatic carbocycles. The Bertz CT molecular complexity index is 2500. The molecule has 3 nitrogen and oxygen atoms in total. The first-order valence-electron chi connectivity index (χ1n) is 14.5. The molecule has 0 aliphatic rings. The Morgan fingerprint density at radius 2 is 1.14 bits per heavy atom. The topological polar surface area (TPSA) is 38.7 Å². The number of hydrogen-bond donors (Lipinski definition) is 0. The molecular formula is C39H23N3S2. The molecule has 4 aromatic heterocycles. The number of fused-ring (bicyclic) bond motifs is 6. The average Bonchev–Trinajstić information content (AvgIpc) is 3.66. The molecule has 0 saturated carbocycles. The van der Waals surface area contributed by atoms with Crippen molar-refractivity contribution in [3.05, 3.63) is 140 Å². The van der Waals surface area contributed by atoms with Crippen LogP contribution < -0.4 is 0 Å². The average molecular weight is 598 g/mol. The van der Waals surface area contributed by atoms with Gasteiger partial charge in [-0.3, -0.25) is 4.98 Å². The van der Waals surface area contributed by atoms with Crippen molar-refractivity contribution in [2.24, 2.45) is 0 Å². The van der Waals surface area contributed by atoms with Gasteiger partial charge in [-0.05, 0) is 65.7 Å². The van der Waals surface area contributed by atoms with Crippen molar-refractivity contribution in [3.63, 3.8) is 0 Å². The molecule has 0 amide bonds. The van der Waals surface area contributed by atoms with E-state index in [2.05, 4.69) is 115 Å². The highest BCUT2D eigenvalue weighted by Crippen LogP contribution is 2.41. The Kier molecular flexibility index (Phi) is 5.86.